The van der Waals surface area contributed by atoms with Crippen molar-refractivity contribution < 1.29 is 4.79 Å². The van der Waals surface area contributed by atoms with Crippen LogP contribution in [0, 0.1) is 6.92 Å². The highest BCUT2D eigenvalue weighted by Gasteiger charge is 2.02. The predicted octanol–water partition coefficient (Wildman–Crippen LogP) is 2.98. The molecule has 0 saturated carbocycles. The first-order valence-electron chi connectivity index (χ1n) is 3.31. The fourth-order valence-electron chi connectivity index (χ4n) is 0.878. The molecule has 1 aromatic carbocycles. The summed E-state index contributed by atoms with van der Waals surface area (Å²) in [5.41, 5.74) is 1.66. The fourth-order valence-corrected chi connectivity index (χ4v) is 1.55. The van der Waals surface area contributed by atoms with Gasteiger partial charge in [-0.1, -0.05) is 11.6 Å². The summed E-state index contributed by atoms with van der Waals surface area (Å²) >= 11 is 9.17. The topological polar surface area (TPSA) is 29.1 Å². The van der Waals surface area contributed by atoms with Crippen LogP contribution in [0.4, 0.5) is 5.69 Å². The summed E-state index contributed by atoms with van der Waals surface area (Å²) in [5, 5.41) is 3.22. The van der Waals surface area contributed by atoms with E-state index in [0.717, 1.165) is 15.7 Å². The second-order valence-corrected chi connectivity index (χ2v) is 3.58. The Balaban J connectivity index is 3.11. The second kappa shape index (κ2) is 3.92. The summed E-state index contributed by atoms with van der Waals surface area (Å²) in [4.78, 5) is 10.1. The first kappa shape index (κ1) is 9.55. The van der Waals surface area contributed by atoms with Crippen molar-refractivity contribution >= 4 is 39.6 Å². The quantitative estimate of drug-likeness (QED) is 0.801. The van der Waals surface area contributed by atoms with Gasteiger partial charge in [0.25, 0.3) is 0 Å². The largest absolute Gasteiger partial charge is 0.329 e. The van der Waals surface area contributed by atoms with Gasteiger partial charge in [0.05, 0.1) is 5.02 Å². The number of hydrogen-bond acceptors (Lipinski definition) is 1. The number of rotatable bonds is 2. The zero-order valence-corrected chi connectivity index (χ0v) is 8.74. The van der Waals surface area contributed by atoms with Crippen molar-refractivity contribution in [2.45, 2.75) is 6.92 Å². The van der Waals surface area contributed by atoms with Crippen LogP contribution in [0.15, 0.2) is 16.6 Å². The zero-order chi connectivity index (χ0) is 9.14. The van der Waals surface area contributed by atoms with Crippen LogP contribution < -0.4 is 5.32 Å². The lowest BCUT2D eigenvalue weighted by Gasteiger charge is -2.04. The minimum Gasteiger partial charge on any atom is -0.329 e. The van der Waals surface area contributed by atoms with Gasteiger partial charge in [-0.3, -0.25) is 4.79 Å². The van der Waals surface area contributed by atoms with Crippen LogP contribution in [0.1, 0.15) is 5.56 Å². The third kappa shape index (κ3) is 1.99. The smallest absolute Gasteiger partial charge is 0.211 e. The van der Waals surface area contributed by atoms with Crippen molar-refractivity contribution in [3.63, 3.8) is 0 Å². The molecule has 1 aromatic rings. The number of anilines is 1. The van der Waals surface area contributed by atoms with E-state index in [1.807, 2.05) is 13.0 Å². The maximum atomic E-state index is 10.1. The number of aryl methyl sites for hydroxylation is 1. The zero-order valence-electron chi connectivity index (χ0n) is 6.40. The predicted molar refractivity (Wildman–Crippen MR) is 53.6 cm³/mol. The van der Waals surface area contributed by atoms with Crippen molar-refractivity contribution in [1.82, 2.24) is 0 Å². The SMILES string of the molecule is Cc1cc(NC=O)cc(Br)c1Cl. The maximum Gasteiger partial charge on any atom is 0.211 e. The molecule has 0 aliphatic carbocycles. The summed E-state index contributed by atoms with van der Waals surface area (Å²) in [6.07, 6.45) is 0.634. The molecule has 0 atom stereocenters. The van der Waals surface area contributed by atoms with Gasteiger partial charge < -0.3 is 5.32 Å². The number of amides is 1. The summed E-state index contributed by atoms with van der Waals surface area (Å²) in [5.74, 6) is 0. The van der Waals surface area contributed by atoms with Crippen LogP contribution in [0.5, 0.6) is 0 Å². The lowest BCUT2D eigenvalue weighted by Crippen LogP contribution is -1.94. The first-order valence-corrected chi connectivity index (χ1v) is 4.48. The van der Waals surface area contributed by atoms with E-state index in [4.69, 9.17) is 11.6 Å². The van der Waals surface area contributed by atoms with E-state index >= 15 is 0 Å². The number of carbonyl (C=O) groups is 1. The van der Waals surface area contributed by atoms with Gasteiger partial charge in [0, 0.05) is 10.2 Å². The third-order valence-electron chi connectivity index (χ3n) is 1.44. The minimum absolute atomic E-state index is 0.634. The van der Waals surface area contributed by atoms with Crippen LogP contribution in [0.2, 0.25) is 5.02 Å². The van der Waals surface area contributed by atoms with Crippen LogP contribution in [0.3, 0.4) is 0 Å². The van der Waals surface area contributed by atoms with Crippen LogP contribution >= 0.6 is 27.5 Å². The molecule has 0 bridgehead atoms. The van der Waals surface area contributed by atoms with Crippen molar-refractivity contribution in [3.05, 3.63) is 27.2 Å². The van der Waals surface area contributed by atoms with E-state index in [1.165, 1.54) is 0 Å². The Morgan fingerprint density at radius 3 is 2.75 bits per heavy atom. The molecule has 1 rings (SSSR count). The second-order valence-electron chi connectivity index (χ2n) is 2.35. The van der Waals surface area contributed by atoms with Crippen molar-refractivity contribution in [1.29, 1.82) is 0 Å². The summed E-state index contributed by atoms with van der Waals surface area (Å²) < 4.78 is 0.786. The van der Waals surface area contributed by atoms with E-state index in [1.54, 1.807) is 6.07 Å². The van der Waals surface area contributed by atoms with Crippen molar-refractivity contribution in [3.8, 4) is 0 Å². The third-order valence-corrected chi connectivity index (χ3v) is 2.79. The molecule has 0 aliphatic rings. The van der Waals surface area contributed by atoms with E-state index in [2.05, 4.69) is 21.2 Å². The Hall–Kier alpha value is -0.540. The highest BCUT2D eigenvalue weighted by molar-refractivity contribution is 9.10. The molecule has 4 heteroatoms. The van der Waals surface area contributed by atoms with Gasteiger partial charge in [-0.25, -0.2) is 0 Å². The van der Waals surface area contributed by atoms with Crippen molar-refractivity contribution in [2.24, 2.45) is 0 Å². The Morgan fingerprint density at radius 1 is 1.58 bits per heavy atom. The number of benzene rings is 1. The van der Waals surface area contributed by atoms with Gasteiger partial charge in [-0.05, 0) is 40.5 Å². The number of nitrogens with one attached hydrogen (secondary N) is 1. The Bertz CT molecular complexity index is 291. The molecule has 0 fully saturated rings. The maximum absolute atomic E-state index is 10.1. The Morgan fingerprint density at radius 2 is 2.25 bits per heavy atom. The summed E-state index contributed by atoms with van der Waals surface area (Å²) in [6.45, 7) is 1.88. The van der Waals surface area contributed by atoms with Gasteiger partial charge in [-0.2, -0.15) is 0 Å². The van der Waals surface area contributed by atoms with Crippen LogP contribution in [-0.2, 0) is 4.79 Å². The van der Waals surface area contributed by atoms with E-state index in [9.17, 15) is 4.79 Å². The van der Waals surface area contributed by atoms with E-state index in [-0.39, 0.29) is 0 Å². The molecule has 0 radical (unpaired) electrons. The lowest BCUT2D eigenvalue weighted by molar-refractivity contribution is -0.105. The monoisotopic (exact) mass is 247 g/mol. The normalized spacial score (nSPS) is 9.58. The van der Waals surface area contributed by atoms with Gasteiger partial charge in [0.2, 0.25) is 6.41 Å². The average molecular weight is 249 g/mol. The molecule has 0 saturated heterocycles. The number of hydrogen-bond donors (Lipinski definition) is 1. The van der Waals surface area contributed by atoms with Crippen LogP contribution in [0.25, 0.3) is 0 Å². The Labute approximate surface area is 84.0 Å². The molecule has 0 unspecified atom stereocenters. The van der Waals surface area contributed by atoms with Gasteiger partial charge in [0.15, 0.2) is 0 Å². The van der Waals surface area contributed by atoms with Crippen molar-refractivity contribution in [2.75, 3.05) is 5.32 Å². The molecule has 12 heavy (non-hydrogen) atoms. The van der Waals surface area contributed by atoms with Gasteiger partial charge in [-0.15, -0.1) is 0 Å². The Kier molecular flexibility index (Phi) is 3.12. The van der Waals surface area contributed by atoms with Gasteiger partial charge in [0.1, 0.15) is 0 Å². The highest BCUT2D eigenvalue weighted by Crippen LogP contribution is 2.29. The molecule has 0 spiro atoms. The fraction of sp³-hybridized carbons (Fsp3) is 0.125. The molecule has 1 amide bonds. The van der Waals surface area contributed by atoms with E-state index in [0.29, 0.717) is 11.4 Å². The molecule has 64 valence electrons. The molecular weight excluding hydrogens is 241 g/mol. The molecule has 0 aliphatic heterocycles. The molecule has 1 N–H and O–H groups in total. The average Bonchev–Trinajstić information content (AvgIpc) is 2.01. The highest BCUT2D eigenvalue weighted by atomic mass is 79.9. The van der Waals surface area contributed by atoms with E-state index < -0.39 is 0 Å². The van der Waals surface area contributed by atoms with Gasteiger partial charge >= 0.3 is 0 Å². The lowest BCUT2D eigenvalue weighted by atomic mass is 10.2. The molecule has 0 heterocycles. The standard InChI is InChI=1S/C8H7BrClNO/c1-5-2-6(11-4-12)3-7(9)8(5)10/h2-4H,1H3,(H,11,12). The first-order chi connectivity index (χ1) is 5.65. The number of carbonyl (C=O) groups excluding carboxylic acids is 1. The minimum atomic E-state index is 0.634. The van der Waals surface area contributed by atoms with Crippen LogP contribution in [-0.4, -0.2) is 6.41 Å². The molecule has 0 aromatic heterocycles. The summed E-state index contributed by atoms with van der Waals surface area (Å²) in [7, 11) is 0. The molecule has 2 nitrogen and oxygen atoms in total. The molecular formula is C8H7BrClNO. The number of halogens is 2. The summed E-state index contributed by atoms with van der Waals surface area (Å²) in [6, 6.07) is 3.56.